The second-order valence-corrected chi connectivity index (χ2v) is 7.09. The molecule has 0 amide bonds. The molecule has 4 rings (SSSR count). The number of nitrogens with zero attached hydrogens (tertiary/aromatic N) is 5. The Labute approximate surface area is 142 Å². The molecule has 2 aromatic rings. The van der Waals surface area contributed by atoms with Crippen LogP contribution < -0.4 is 4.74 Å². The molecule has 1 saturated heterocycles. The fourth-order valence-corrected chi connectivity index (χ4v) is 3.46. The molecule has 6 heteroatoms. The third-order valence-corrected chi connectivity index (χ3v) is 5.05. The highest BCUT2D eigenvalue weighted by molar-refractivity contribution is 5.39. The van der Waals surface area contributed by atoms with E-state index in [0.29, 0.717) is 12.1 Å². The summed E-state index contributed by atoms with van der Waals surface area (Å²) in [4.78, 5) is 2.44. The number of rotatable bonds is 5. The lowest BCUT2D eigenvalue weighted by Crippen LogP contribution is -2.38. The van der Waals surface area contributed by atoms with E-state index in [9.17, 15) is 0 Å². The van der Waals surface area contributed by atoms with Crippen LogP contribution in [0.4, 0.5) is 0 Å². The highest BCUT2D eigenvalue weighted by Gasteiger charge is 2.29. The number of hydrogen-bond acceptors (Lipinski definition) is 5. The third-order valence-electron chi connectivity index (χ3n) is 5.05. The Balaban J connectivity index is 1.33. The van der Waals surface area contributed by atoms with Gasteiger partial charge >= 0.3 is 0 Å². The first-order valence-corrected chi connectivity index (χ1v) is 8.92. The number of aryl methyl sites for hydroxylation is 2. The summed E-state index contributed by atoms with van der Waals surface area (Å²) in [6, 6.07) is 6.87. The van der Waals surface area contributed by atoms with Gasteiger partial charge in [0.2, 0.25) is 0 Å². The van der Waals surface area contributed by atoms with E-state index >= 15 is 0 Å². The van der Waals surface area contributed by atoms with Gasteiger partial charge in [0, 0.05) is 13.1 Å². The number of tetrazole rings is 1. The normalized spacial score (nSPS) is 19.6. The van der Waals surface area contributed by atoms with Crippen molar-refractivity contribution in [3.63, 3.8) is 0 Å². The number of aromatic nitrogens is 4. The average molecular weight is 327 g/mol. The minimum atomic E-state index is 0.306. The second-order valence-electron chi connectivity index (χ2n) is 7.09. The summed E-state index contributed by atoms with van der Waals surface area (Å²) in [6.07, 6.45) is 4.84. The molecule has 0 unspecified atom stereocenters. The van der Waals surface area contributed by atoms with Crippen molar-refractivity contribution in [2.24, 2.45) is 0 Å². The van der Waals surface area contributed by atoms with E-state index in [2.05, 4.69) is 52.5 Å². The van der Waals surface area contributed by atoms with Crippen LogP contribution in [0.3, 0.4) is 0 Å². The molecule has 2 fully saturated rings. The maximum atomic E-state index is 6.30. The summed E-state index contributed by atoms with van der Waals surface area (Å²) >= 11 is 0. The quantitative estimate of drug-likeness (QED) is 0.845. The van der Waals surface area contributed by atoms with Crippen LogP contribution in [0.2, 0.25) is 0 Å². The first-order chi connectivity index (χ1) is 11.7. The minimum Gasteiger partial charge on any atom is -0.490 e. The molecule has 0 spiro atoms. The molecule has 1 aliphatic carbocycles. The van der Waals surface area contributed by atoms with Crippen LogP contribution in [0.25, 0.3) is 0 Å². The van der Waals surface area contributed by atoms with Crippen LogP contribution in [-0.4, -0.2) is 44.3 Å². The van der Waals surface area contributed by atoms with Crippen molar-refractivity contribution in [3.8, 4) is 5.75 Å². The van der Waals surface area contributed by atoms with Crippen LogP contribution in [0.15, 0.2) is 18.2 Å². The molecular formula is C18H25N5O. The Morgan fingerprint density at radius 3 is 2.46 bits per heavy atom. The highest BCUT2D eigenvalue weighted by Crippen LogP contribution is 2.34. The zero-order valence-corrected chi connectivity index (χ0v) is 14.5. The minimum absolute atomic E-state index is 0.306. The summed E-state index contributed by atoms with van der Waals surface area (Å²) in [5.41, 5.74) is 2.45. The molecule has 1 aromatic heterocycles. The molecule has 1 aromatic carbocycles. The number of hydrogen-bond donors (Lipinski definition) is 0. The number of benzene rings is 1. The van der Waals surface area contributed by atoms with Crippen molar-refractivity contribution in [1.82, 2.24) is 25.1 Å². The molecule has 0 atom stereocenters. The molecular weight excluding hydrogens is 302 g/mol. The van der Waals surface area contributed by atoms with Gasteiger partial charge in [0.15, 0.2) is 5.82 Å². The van der Waals surface area contributed by atoms with Gasteiger partial charge in [0.25, 0.3) is 0 Å². The van der Waals surface area contributed by atoms with Crippen LogP contribution in [0.1, 0.15) is 48.7 Å². The van der Waals surface area contributed by atoms with E-state index in [1.807, 2.05) is 4.68 Å². The van der Waals surface area contributed by atoms with Crippen LogP contribution in [0, 0.1) is 13.8 Å². The second kappa shape index (κ2) is 6.51. The highest BCUT2D eigenvalue weighted by atomic mass is 16.5. The smallest absolute Gasteiger partial charge is 0.165 e. The van der Waals surface area contributed by atoms with Gasteiger partial charge in [-0.3, -0.25) is 4.90 Å². The van der Waals surface area contributed by atoms with E-state index in [1.54, 1.807) is 0 Å². The SMILES string of the molecule is Cc1cccc(C)c1OC1CCN(Cc2nnnn2C2CC2)CC1. The fourth-order valence-electron chi connectivity index (χ4n) is 3.46. The number of piperidine rings is 1. The van der Waals surface area contributed by atoms with Crippen molar-refractivity contribution in [1.29, 1.82) is 0 Å². The largest absolute Gasteiger partial charge is 0.490 e. The molecule has 2 heterocycles. The third kappa shape index (κ3) is 3.29. The van der Waals surface area contributed by atoms with Crippen LogP contribution >= 0.6 is 0 Å². The summed E-state index contributed by atoms with van der Waals surface area (Å²) in [5, 5.41) is 12.2. The molecule has 1 saturated carbocycles. The van der Waals surface area contributed by atoms with Crippen molar-refractivity contribution < 1.29 is 4.74 Å². The van der Waals surface area contributed by atoms with Gasteiger partial charge in [-0.2, -0.15) is 0 Å². The maximum Gasteiger partial charge on any atom is 0.165 e. The van der Waals surface area contributed by atoms with Crippen molar-refractivity contribution in [3.05, 3.63) is 35.2 Å². The first kappa shape index (κ1) is 15.6. The van der Waals surface area contributed by atoms with E-state index in [1.165, 1.54) is 24.0 Å². The van der Waals surface area contributed by atoms with Crippen LogP contribution in [0.5, 0.6) is 5.75 Å². The topological polar surface area (TPSA) is 56.1 Å². The predicted molar refractivity (Wildman–Crippen MR) is 90.9 cm³/mol. The number of likely N-dealkylation sites (tertiary alicyclic amines) is 1. The average Bonchev–Trinajstić information content (AvgIpc) is 3.32. The van der Waals surface area contributed by atoms with Gasteiger partial charge in [-0.1, -0.05) is 18.2 Å². The Morgan fingerprint density at radius 2 is 1.79 bits per heavy atom. The van der Waals surface area contributed by atoms with Gasteiger partial charge in [-0.25, -0.2) is 4.68 Å². The van der Waals surface area contributed by atoms with E-state index in [-0.39, 0.29) is 0 Å². The summed E-state index contributed by atoms with van der Waals surface area (Å²) in [6.45, 7) is 7.16. The van der Waals surface area contributed by atoms with Crippen molar-refractivity contribution in [2.75, 3.05) is 13.1 Å². The molecule has 0 bridgehead atoms. The van der Waals surface area contributed by atoms with Gasteiger partial charge in [0.05, 0.1) is 12.6 Å². The molecule has 6 nitrogen and oxygen atoms in total. The zero-order chi connectivity index (χ0) is 16.5. The van der Waals surface area contributed by atoms with Gasteiger partial charge in [-0.05, 0) is 61.1 Å². The van der Waals surface area contributed by atoms with Crippen molar-refractivity contribution >= 4 is 0 Å². The fraction of sp³-hybridized carbons (Fsp3) is 0.611. The predicted octanol–water partition coefficient (Wildman–Crippen LogP) is 2.67. The zero-order valence-electron chi connectivity index (χ0n) is 14.5. The lowest BCUT2D eigenvalue weighted by atomic mass is 10.1. The number of para-hydroxylation sites is 1. The Morgan fingerprint density at radius 1 is 1.08 bits per heavy atom. The Kier molecular flexibility index (Phi) is 4.22. The van der Waals surface area contributed by atoms with Gasteiger partial charge in [0.1, 0.15) is 11.9 Å². The summed E-state index contributed by atoms with van der Waals surface area (Å²) in [5.74, 6) is 2.07. The molecule has 128 valence electrons. The summed E-state index contributed by atoms with van der Waals surface area (Å²) < 4.78 is 8.31. The van der Waals surface area contributed by atoms with Gasteiger partial charge in [-0.15, -0.1) is 5.10 Å². The van der Waals surface area contributed by atoms with E-state index in [0.717, 1.165) is 44.0 Å². The lowest BCUT2D eigenvalue weighted by molar-refractivity contribution is 0.0934. The lowest BCUT2D eigenvalue weighted by Gasteiger charge is -2.32. The maximum absolute atomic E-state index is 6.30. The van der Waals surface area contributed by atoms with Crippen molar-refractivity contribution in [2.45, 2.75) is 58.2 Å². The summed E-state index contributed by atoms with van der Waals surface area (Å²) in [7, 11) is 0. The van der Waals surface area contributed by atoms with Crippen LogP contribution in [-0.2, 0) is 6.54 Å². The molecule has 0 radical (unpaired) electrons. The standard InChI is InChI=1S/C18H25N5O/c1-13-4-3-5-14(2)18(13)24-16-8-10-22(11-9-16)12-17-19-20-21-23(17)15-6-7-15/h3-5,15-16H,6-12H2,1-2H3. The Bertz CT molecular complexity index is 681. The monoisotopic (exact) mass is 327 g/mol. The molecule has 1 aliphatic heterocycles. The van der Waals surface area contributed by atoms with E-state index < -0.39 is 0 Å². The van der Waals surface area contributed by atoms with Gasteiger partial charge < -0.3 is 4.74 Å². The number of ether oxygens (including phenoxy) is 1. The molecule has 0 N–H and O–H groups in total. The molecule has 2 aliphatic rings. The van der Waals surface area contributed by atoms with E-state index in [4.69, 9.17) is 4.74 Å². The first-order valence-electron chi connectivity index (χ1n) is 8.92. The molecule has 24 heavy (non-hydrogen) atoms. The Hall–Kier alpha value is -1.95.